The highest BCUT2D eigenvalue weighted by Gasteiger charge is 2.40. The summed E-state index contributed by atoms with van der Waals surface area (Å²) in [4.78, 5) is 10.8. The average molecular weight is 234 g/mol. The lowest BCUT2D eigenvalue weighted by Crippen LogP contribution is -2.38. The molecule has 0 heterocycles. The highest BCUT2D eigenvalue weighted by atomic mass is 35.5. The molecule has 0 aliphatic rings. The van der Waals surface area contributed by atoms with Crippen LogP contribution in [0.3, 0.4) is 0 Å². The van der Waals surface area contributed by atoms with Crippen molar-refractivity contribution < 1.29 is 9.90 Å². The lowest BCUT2D eigenvalue weighted by molar-refractivity contribution is -0.120. The molecule has 3 N–H and O–H groups in total. The number of benzene rings is 1. The molecule has 0 saturated heterocycles. The smallest absolute Gasteiger partial charge is 0.256 e. The average Bonchev–Trinajstić information content (AvgIpc) is 2.17. The molecule has 0 aliphatic heterocycles. The first-order chi connectivity index (χ1) is 6.46. The van der Waals surface area contributed by atoms with E-state index in [2.05, 4.69) is 0 Å². The third-order valence-corrected chi connectivity index (χ3v) is 2.57. The van der Waals surface area contributed by atoms with Gasteiger partial charge in [0.1, 0.15) is 6.10 Å². The number of halogens is 2. The van der Waals surface area contributed by atoms with Crippen molar-refractivity contribution in [3.05, 3.63) is 35.9 Å². The van der Waals surface area contributed by atoms with Crippen LogP contribution in [0.25, 0.3) is 0 Å². The number of nitrogens with two attached hydrogens (primary N) is 1. The molecule has 1 atom stereocenters. The topological polar surface area (TPSA) is 63.3 Å². The summed E-state index contributed by atoms with van der Waals surface area (Å²) in [6.07, 6.45) is -1.33. The largest absolute Gasteiger partial charge is 0.385 e. The Morgan fingerprint density at radius 2 is 1.86 bits per heavy atom. The van der Waals surface area contributed by atoms with Crippen molar-refractivity contribution in [3.63, 3.8) is 0 Å². The summed E-state index contributed by atoms with van der Waals surface area (Å²) in [5.74, 6) is -0.975. The predicted molar refractivity (Wildman–Crippen MR) is 55.0 cm³/mol. The van der Waals surface area contributed by atoms with Crippen LogP contribution in [-0.4, -0.2) is 15.3 Å². The van der Waals surface area contributed by atoms with Gasteiger partial charge in [-0.25, -0.2) is 0 Å². The Kier molecular flexibility index (Phi) is 3.37. The molecule has 76 valence electrons. The Balaban J connectivity index is 2.96. The zero-order chi connectivity index (χ0) is 10.8. The summed E-state index contributed by atoms with van der Waals surface area (Å²) in [7, 11) is 0. The van der Waals surface area contributed by atoms with Crippen LogP contribution in [0.5, 0.6) is 0 Å². The molecule has 0 radical (unpaired) electrons. The maximum Gasteiger partial charge on any atom is 0.256 e. The second-order valence-electron chi connectivity index (χ2n) is 2.80. The number of aliphatic hydroxyl groups is 1. The summed E-state index contributed by atoms with van der Waals surface area (Å²) in [6.45, 7) is 0. The molecular formula is C9H9Cl2NO2. The van der Waals surface area contributed by atoms with Crippen LogP contribution < -0.4 is 5.73 Å². The van der Waals surface area contributed by atoms with E-state index < -0.39 is 16.3 Å². The fraction of sp³-hybridized carbons (Fsp3) is 0.222. The van der Waals surface area contributed by atoms with Crippen LogP contribution in [0.4, 0.5) is 0 Å². The second-order valence-corrected chi connectivity index (χ2v) is 4.19. The van der Waals surface area contributed by atoms with Gasteiger partial charge in [-0.15, -0.1) is 0 Å². The van der Waals surface area contributed by atoms with Crippen LogP contribution in [0.2, 0.25) is 0 Å². The molecule has 0 bridgehead atoms. The summed E-state index contributed by atoms with van der Waals surface area (Å²) in [6, 6.07) is 8.37. The molecular weight excluding hydrogens is 225 g/mol. The summed E-state index contributed by atoms with van der Waals surface area (Å²) in [5, 5.41) is 9.65. The fourth-order valence-electron chi connectivity index (χ4n) is 0.979. The molecule has 0 saturated carbocycles. The first-order valence-corrected chi connectivity index (χ1v) is 4.62. The van der Waals surface area contributed by atoms with Gasteiger partial charge in [-0.3, -0.25) is 4.79 Å². The Bertz CT molecular complexity index is 327. The number of alkyl halides is 2. The molecule has 0 spiro atoms. The lowest BCUT2D eigenvalue weighted by Gasteiger charge is -2.22. The van der Waals surface area contributed by atoms with E-state index in [1.807, 2.05) is 0 Å². The zero-order valence-electron chi connectivity index (χ0n) is 7.15. The van der Waals surface area contributed by atoms with E-state index in [4.69, 9.17) is 28.9 Å². The van der Waals surface area contributed by atoms with Gasteiger partial charge in [0, 0.05) is 0 Å². The highest BCUT2D eigenvalue weighted by molar-refractivity contribution is 6.58. The molecule has 1 unspecified atom stereocenters. The summed E-state index contributed by atoms with van der Waals surface area (Å²) >= 11 is 11.2. The highest BCUT2D eigenvalue weighted by Crippen LogP contribution is 2.35. The van der Waals surface area contributed by atoms with Crippen molar-refractivity contribution in [1.82, 2.24) is 0 Å². The molecule has 1 rings (SSSR count). The van der Waals surface area contributed by atoms with Gasteiger partial charge < -0.3 is 10.8 Å². The van der Waals surface area contributed by atoms with Gasteiger partial charge in [-0.2, -0.15) is 0 Å². The van der Waals surface area contributed by atoms with E-state index in [1.54, 1.807) is 30.3 Å². The van der Waals surface area contributed by atoms with Gasteiger partial charge in [-0.05, 0) is 5.56 Å². The maximum absolute atomic E-state index is 10.8. The molecule has 1 aromatic rings. The molecule has 0 fully saturated rings. The fourth-order valence-corrected chi connectivity index (χ4v) is 1.23. The molecule has 3 nitrogen and oxygen atoms in total. The second kappa shape index (κ2) is 4.17. The number of rotatable bonds is 3. The van der Waals surface area contributed by atoms with Crippen molar-refractivity contribution in [3.8, 4) is 0 Å². The normalized spacial score (nSPS) is 13.6. The third kappa shape index (κ3) is 2.18. The van der Waals surface area contributed by atoms with Crippen molar-refractivity contribution in [2.45, 2.75) is 10.4 Å². The summed E-state index contributed by atoms with van der Waals surface area (Å²) < 4.78 is -2.00. The van der Waals surface area contributed by atoms with Crippen LogP contribution in [0.15, 0.2) is 30.3 Å². The van der Waals surface area contributed by atoms with E-state index in [-0.39, 0.29) is 0 Å². The molecule has 14 heavy (non-hydrogen) atoms. The number of carbonyl (C=O) groups excluding carboxylic acids is 1. The third-order valence-electron chi connectivity index (χ3n) is 1.79. The first kappa shape index (κ1) is 11.3. The maximum atomic E-state index is 10.8. The van der Waals surface area contributed by atoms with Gasteiger partial charge >= 0.3 is 0 Å². The Hall–Kier alpha value is -0.770. The number of amides is 1. The minimum absolute atomic E-state index is 0.441. The SMILES string of the molecule is NC(=O)C(Cl)(Cl)C(O)c1ccccc1. The number of hydrogen-bond acceptors (Lipinski definition) is 2. The van der Waals surface area contributed by atoms with E-state index in [0.717, 1.165) is 0 Å². The van der Waals surface area contributed by atoms with Crippen molar-refractivity contribution in [2.24, 2.45) is 5.73 Å². The zero-order valence-corrected chi connectivity index (χ0v) is 8.66. The number of primary amides is 1. The number of carbonyl (C=O) groups is 1. The Labute approximate surface area is 91.4 Å². The summed E-state index contributed by atoms with van der Waals surface area (Å²) in [5.41, 5.74) is 5.39. The van der Waals surface area contributed by atoms with Crippen molar-refractivity contribution in [1.29, 1.82) is 0 Å². The molecule has 0 aliphatic carbocycles. The van der Waals surface area contributed by atoms with Gasteiger partial charge in [0.2, 0.25) is 4.33 Å². The van der Waals surface area contributed by atoms with E-state index in [1.165, 1.54) is 0 Å². The minimum Gasteiger partial charge on any atom is -0.385 e. The molecule has 0 aromatic heterocycles. The Morgan fingerprint density at radius 3 is 2.29 bits per heavy atom. The number of hydrogen-bond donors (Lipinski definition) is 2. The Morgan fingerprint density at radius 1 is 1.36 bits per heavy atom. The molecule has 1 amide bonds. The predicted octanol–water partition coefficient (Wildman–Crippen LogP) is 1.38. The van der Waals surface area contributed by atoms with E-state index in [9.17, 15) is 9.90 Å². The van der Waals surface area contributed by atoms with E-state index >= 15 is 0 Å². The van der Waals surface area contributed by atoms with Gasteiger partial charge in [0.25, 0.3) is 5.91 Å². The van der Waals surface area contributed by atoms with Gasteiger partial charge in [-0.1, -0.05) is 53.5 Å². The first-order valence-electron chi connectivity index (χ1n) is 3.87. The standard InChI is InChI=1S/C9H9Cl2NO2/c10-9(11,8(12)14)7(13)6-4-2-1-3-5-6/h1-5,7,13H,(H2,12,14). The molecule has 5 heteroatoms. The van der Waals surface area contributed by atoms with Crippen molar-refractivity contribution in [2.75, 3.05) is 0 Å². The van der Waals surface area contributed by atoms with Crippen LogP contribution in [0.1, 0.15) is 11.7 Å². The number of aliphatic hydroxyl groups excluding tert-OH is 1. The van der Waals surface area contributed by atoms with Crippen LogP contribution in [-0.2, 0) is 4.79 Å². The molecule has 1 aromatic carbocycles. The minimum atomic E-state index is -2.00. The van der Waals surface area contributed by atoms with E-state index in [0.29, 0.717) is 5.56 Å². The monoisotopic (exact) mass is 233 g/mol. The quantitative estimate of drug-likeness (QED) is 0.776. The lowest BCUT2D eigenvalue weighted by atomic mass is 10.1. The van der Waals surface area contributed by atoms with Crippen LogP contribution in [0, 0.1) is 0 Å². The van der Waals surface area contributed by atoms with Gasteiger partial charge in [0.15, 0.2) is 0 Å². The van der Waals surface area contributed by atoms with Crippen LogP contribution >= 0.6 is 23.2 Å². The van der Waals surface area contributed by atoms with Crippen molar-refractivity contribution >= 4 is 29.1 Å². The van der Waals surface area contributed by atoms with Gasteiger partial charge in [0.05, 0.1) is 0 Å².